The van der Waals surface area contributed by atoms with Crippen LogP contribution in [0.5, 0.6) is 0 Å². The lowest BCUT2D eigenvalue weighted by atomic mass is 9.94. The minimum Gasteiger partial charge on any atom is -0.398 e. The van der Waals surface area contributed by atoms with Gasteiger partial charge < -0.3 is 21.2 Å². The number of benzene rings is 1. The second kappa shape index (κ2) is 6.42. The summed E-state index contributed by atoms with van der Waals surface area (Å²) in [6.45, 7) is 0. The van der Waals surface area contributed by atoms with Crippen molar-refractivity contribution in [3.05, 3.63) is 40.5 Å². The number of aromatic nitrogens is 2. The summed E-state index contributed by atoms with van der Waals surface area (Å²) in [5.74, 6) is 0.805. The molecule has 4 rings (SSSR count). The molecule has 1 atom stereocenters. The number of aryl methyl sites for hydroxylation is 1. The van der Waals surface area contributed by atoms with E-state index in [4.69, 9.17) is 15.9 Å². The fourth-order valence-electron chi connectivity index (χ4n) is 3.29. The van der Waals surface area contributed by atoms with Crippen molar-refractivity contribution in [1.29, 1.82) is 5.41 Å². The van der Waals surface area contributed by atoms with Crippen molar-refractivity contribution in [3.8, 4) is 0 Å². The Bertz CT molecular complexity index is 952. The molecule has 0 fully saturated rings. The third-order valence-electron chi connectivity index (χ3n) is 4.64. The van der Waals surface area contributed by atoms with E-state index in [-0.39, 0.29) is 6.10 Å². The van der Waals surface area contributed by atoms with Crippen LogP contribution >= 0.6 is 11.3 Å². The number of nitrogens with two attached hydrogens (primary N) is 1. The summed E-state index contributed by atoms with van der Waals surface area (Å²) >= 11 is 1.73. The highest BCUT2D eigenvalue weighted by molar-refractivity contribution is 7.19. The number of thiophene rings is 1. The summed E-state index contributed by atoms with van der Waals surface area (Å²) in [6, 6.07) is 5.56. The highest BCUT2D eigenvalue weighted by Crippen LogP contribution is 2.39. The topological polar surface area (TPSA) is 96.9 Å². The van der Waals surface area contributed by atoms with Gasteiger partial charge in [0, 0.05) is 41.6 Å². The number of rotatable bonds is 4. The molecule has 2 heterocycles. The van der Waals surface area contributed by atoms with Gasteiger partial charge in [0.2, 0.25) is 0 Å². The van der Waals surface area contributed by atoms with E-state index in [1.165, 1.54) is 16.7 Å². The molecule has 0 amide bonds. The minimum atomic E-state index is 0.289. The molecule has 7 heteroatoms. The van der Waals surface area contributed by atoms with E-state index in [2.05, 4.69) is 15.3 Å². The number of ether oxygens (including phenoxy) is 1. The predicted octanol–water partition coefficient (Wildman–Crippen LogP) is 3.52. The van der Waals surface area contributed by atoms with Crippen LogP contribution in [0.15, 0.2) is 24.5 Å². The molecule has 2 aromatic heterocycles. The number of hydrogen-bond donors (Lipinski definition) is 3. The number of nitrogens with zero attached hydrogens (tertiary/aromatic N) is 2. The molecule has 6 nitrogen and oxygen atoms in total. The number of nitrogens with one attached hydrogen (secondary N) is 2. The second-order valence-corrected chi connectivity index (χ2v) is 7.20. The van der Waals surface area contributed by atoms with Crippen LogP contribution < -0.4 is 11.1 Å². The first kappa shape index (κ1) is 16.0. The molecule has 1 unspecified atom stereocenters. The van der Waals surface area contributed by atoms with Gasteiger partial charge in [0.25, 0.3) is 0 Å². The first-order valence-corrected chi connectivity index (χ1v) is 8.96. The third kappa shape index (κ3) is 2.85. The fraction of sp³-hybridized carbons (Fsp3) is 0.278. The molecule has 1 aromatic carbocycles. The first-order valence-electron chi connectivity index (χ1n) is 8.14. The zero-order chi connectivity index (χ0) is 17.4. The van der Waals surface area contributed by atoms with Gasteiger partial charge >= 0.3 is 0 Å². The number of nitrogen functional groups attached to an aromatic ring is 1. The average molecular weight is 353 g/mol. The number of hydrogen-bond acceptors (Lipinski definition) is 7. The van der Waals surface area contributed by atoms with Crippen molar-refractivity contribution >= 4 is 45.0 Å². The molecule has 0 spiro atoms. The molecular weight excluding hydrogens is 334 g/mol. The zero-order valence-corrected chi connectivity index (χ0v) is 14.7. The second-order valence-electron chi connectivity index (χ2n) is 6.12. The lowest BCUT2D eigenvalue weighted by molar-refractivity contribution is 0.0922. The predicted molar refractivity (Wildman–Crippen MR) is 102 cm³/mol. The van der Waals surface area contributed by atoms with E-state index < -0.39 is 0 Å². The van der Waals surface area contributed by atoms with Crippen molar-refractivity contribution in [2.24, 2.45) is 0 Å². The first-order chi connectivity index (χ1) is 12.2. The summed E-state index contributed by atoms with van der Waals surface area (Å²) in [7, 11) is 1.78. The molecule has 0 radical (unpaired) electrons. The van der Waals surface area contributed by atoms with Gasteiger partial charge in [-0.15, -0.1) is 11.3 Å². The van der Waals surface area contributed by atoms with Crippen LogP contribution in [0.1, 0.15) is 22.4 Å². The molecule has 1 aliphatic carbocycles. The van der Waals surface area contributed by atoms with Gasteiger partial charge in [-0.3, -0.25) is 0 Å². The Labute approximate surface area is 149 Å². The number of methoxy groups -OCH3 is 1. The molecular formula is C18H19N5OS. The maximum absolute atomic E-state index is 7.46. The fourth-order valence-corrected chi connectivity index (χ4v) is 4.54. The van der Waals surface area contributed by atoms with E-state index in [0.29, 0.717) is 11.3 Å². The molecule has 0 bridgehead atoms. The SMILES string of the molecule is COC1CCc2c(sc3ncnc(Nc4ccc(N)c(C=N)c4)c23)C1. The summed E-state index contributed by atoms with van der Waals surface area (Å²) < 4.78 is 5.53. The molecule has 0 saturated carbocycles. The maximum Gasteiger partial charge on any atom is 0.142 e. The van der Waals surface area contributed by atoms with Gasteiger partial charge in [-0.05, 0) is 36.6 Å². The van der Waals surface area contributed by atoms with Crippen LogP contribution in [0.2, 0.25) is 0 Å². The molecule has 3 aromatic rings. The average Bonchev–Trinajstić information content (AvgIpc) is 3.01. The Kier molecular flexibility index (Phi) is 4.10. The monoisotopic (exact) mass is 353 g/mol. The lowest BCUT2D eigenvalue weighted by Gasteiger charge is -2.20. The number of fused-ring (bicyclic) bond motifs is 3. The highest BCUT2D eigenvalue weighted by atomic mass is 32.1. The van der Waals surface area contributed by atoms with E-state index in [0.717, 1.165) is 41.0 Å². The molecule has 25 heavy (non-hydrogen) atoms. The number of anilines is 3. The van der Waals surface area contributed by atoms with E-state index >= 15 is 0 Å². The van der Waals surface area contributed by atoms with Crippen LogP contribution in [0.4, 0.5) is 17.2 Å². The van der Waals surface area contributed by atoms with E-state index in [1.807, 2.05) is 12.1 Å². The summed E-state index contributed by atoms with van der Waals surface area (Å²) in [6.07, 6.45) is 6.07. The van der Waals surface area contributed by atoms with Crippen molar-refractivity contribution in [1.82, 2.24) is 9.97 Å². The Morgan fingerprint density at radius 1 is 1.40 bits per heavy atom. The molecule has 0 saturated heterocycles. The van der Waals surface area contributed by atoms with Gasteiger partial charge in [0.05, 0.1) is 11.5 Å². The van der Waals surface area contributed by atoms with Crippen molar-refractivity contribution in [3.63, 3.8) is 0 Å². The van der Waals surface area contributed by atoms with Crippen LogP contribution in [0.3, 0.4) is 0 Å². The quantitative estimate of drug-likeness (QED) is 0.492. The molecule has 1 aliphatic rings. The van der Waals surface area contributed by atoms with Crippen LogP contribution in [0, 0.1) is 5.41 Å². The Morgan fingerprint density at radius 3 is 3.08 bits per heavy atom. The van der Waals surface area contributed by atoms with E-state index in [9.17, 15) is 0 Å². The molecule has 128 valence electrons. The van der Waals surface area contributed by atoms with E-state index in [1.54, 1.807) is 30.8 Å². The smallest absolute Gasteiger partial charge is 0.142 e. The minimum absolute atomic E-state index is 0.289. The van der Waals surface area contributed by atoms with Gasteiger partial charge in [0.15, 0.2) is 0 Å². The van der Waals surface area contributed by atoms with Crippen molar-refractivity contribution in [2.45, 2.75) is 25.4 Å². The Balaban J connectivity index is 1.75. The van der Waals surface area contributed by atoms with Gasteiger partial charge in [-0.1, -0.05) is 0 Å². The van der Waals surface area contributed by atoms with Gasteiger partial charge in [-0.2, -0.15) is 0 Å². The van der Waals surface area contributed by atoms with Crippen molar-refractivity contribution in [2.75, 3.05) is 18.2 Å². The molecule has 0 aliphatic heterocycles. The Morgan fingerprint density at radius 2 is 2.28 bits per heavy atom. The summed E-state index contributed by atoms with van der Waals surface area (Å²) in [5.41, 5.74) is 9.34. The standard InChI is InChI=1S/C18H19N5OS/c1-24-12-3-4-13-15(7-12)25-18-16(13)17(21-9-22-18)23-11-2-5-14(20)10(6-11)8-19/h2,5-6,8-9,12,19H,3-4,7,20H2,1H3,(H,21,22,23). The maximum atomic E-state index is 7.46. The summed E-state index contributed by atoms with van der Waals surface area (Å²) in [5, 5.41) is 11.9. The van der Waals surface area contributed by atoms with Gasteiger partial charge in [-0.25, -0.2) is 9.97 Å². The third-order valence-corrected chi connectivity index (χ3v) is 5.80. The van der Waals surface area contributed by atoms with Gasteiger partial charge in [0.1, 0.15) is 17.0 Å². The largest absolute Gasteiger partial charge is 0.398 e. The van der Waals surface area contributed by atoms with Crippen LogP contribution in [0.25, 0.3) is 10.2 Å². The lowest BCUT2D eigenvalue weighted by Crippen LogP contribution is -2.19. The van der Waals surface area contributed by atoms with Crippen LogP contribution in [-0.4, -0.2) is 29.4 Å². The van der Waals surface area contributed by atoms with Crippen LogP contribution in [-0.2, 0) is 17.6 Å². The normalized spacial score (nSPS) is 16.6. The summed E-state index contributed by atoms with van der Waals surface area (Å²) in [4.78, 5) is 11.3. The zero-order valence-electron chi connectivity index (χ0n) is 13.9. The Hall–Kier alpha value is -2.51. The molecule has 4 N–H and O–H groups in total. The highest BCUT2D eigenvalue weighted by Gasteiger charge is 2.25. The van der Waals surface area contributed by atoms with Crippen molar-refractivity contribution < 1.29 is 4.74 Å².